The molecule has 0 aliphatic rings. The van der Waals surface area contributed by atoms with Crippen LogP contribution in [0.1, 0.15) is 5.69 Å². The van der Waals surface area contributed by atoms with Crippen LogP contribution < -0.4 is 0 Å². The van der Waals surface area contributed by atoms with Gasteiger partial charge in [0, 0.05) is 18.3 Å². The van der Waals surface area contributed by atoms with Crippen LogP contribution in [0.5, 0.6) is 0 Å². The minimum atomic E-state index is 0.314. The smallest absolute Gasteiger partial charge is 0.0983 e. The van der Waals surface area contributed by atoms with Gasteiger partial charge in [-0.25, -0.2) is 0 Å². The molecule has 0 fully saturated rings. The average Bonchev–Trinajstić information content (AvgIpc) is 2.16. The first-order valence-electron chi connectivity index (χ1n) is 3.50. The molecule has 0 amide bonds. The monoisotopic (exact) mass is 160 g/mol. The van der Waals surface area contributed by atoms with Gasteiger partial charge in [-0.1, -0.05) is 6.07 Å². The number of aromatic nitrogens is 1. The summed E-state index contributed by atoms with van der Waals surface area (Å²) < 4.78 is 0. The van der Waals surface area contributed by atoms with E-state index in [0.29, 0.717) is 12.0 Å². The Labute approximate surface area is 70.6 Å². The summed E-state index contributed by atoms with van der Waals surface area (Å²) in [6.45, 7) is 0. The topological polar surface area (TPSA) is 56.9 Å². The molecule has 60 valence electrons. The Bertz CT molecular complexity index is 311. The first kappa shape index (κ1) is 8.28. The van der Waals surface area contributed by atoms with Gasteiger partial charge in [-0.3, -0.25) is 4.98 Å². The van der Waals surface area contributed by atoms with E-state index in [1.165, 1.54) is 0 Å². The summed E-state index contributed by atoms with van der Waals surface area (Å²) in [6.07, 6.45) is 2.85. The van der Waals surface area contributed by atoms with Gasteiger partial charge < -0.3 is 5.11 Å². The third-order valence-corrected chi connectivity index (χ3v) is 1.40. The van der Waals surface area contributed by atoms with Gasteiger partial charge in [-0.05, 0) is 12.1 Å². The highest BCUT2D eigenvalue weighted by Gasteiger charge is 1.97. The van der Waals surface area contributed by atoms with Crippen LogP contribution in [-0.4, -0.2) is 10.1 Å². The summed E-state index contributed by atoms with van der Waals surface area (Å²) in [6, 6.07) is 7.32. The number of hydrogen-bond donors (Lipinski definition) is 1. The molecule has 0 spiro atoms. The number of nitrogens with zero attached hydrogens (tertiary/aromatic N) is 2. The summed E-state index contributed by atoms with van der Waals surface area (Å²) in [5, 5.41) is 17.1. The van der Waals surface area contributed by atoms with Crippen LogP contribution in [0.2, 0.25) is 0 Å². The fourth-order valence-corrected chi connectivity index (χ4v) is 0.812. The van der Waals surface area contributed by atoms with E-state index in [2.05, 4.69) is 4.98 Å². The Hall–Kier alpha value is -1.82. The molecule has 1 aromatic heterocycles. The number of hydrogen-bond acceptors (Lipinski definition) is 3. The SMILES string of the molecule is N#CC(=CO)Cc1ccccn1. The first-order valence-corrected chi connectivity index (χ1v) is 3.50. The number of allylic oxidation sites excluding steroid dienone is 1. The van der Waals surface area contributed by atoms with E-state index in [1.54, 1.807) is 18.3 Å². The van der Waals surface area contributed by atoms with E-state index < -0.39 is 0 Å². The number of nitriles is 1. The maximum atomic E-state index is 8.58. The second-order valence-electron chi connectivity index (χ2n) is 2.26. The first-order chi connectivity index (χ1) is 5.86. The van der Waals surface area contributed by atoms with Gasteiger partial charge in [0.15, 0.2) is 0 Å². The van der Waals surface area contributed by atoms with Crippen molar-refractivity contribution in [1.82, 2.24) is 4.98 Å². The summed E-state index contributed by atoms with van der Waals surface area (Å²) in [4.78, 5) is 4.01. The van der Waals surface area contributed by atoms with Crippen molar-refractivity contribution < 1.29 is 5.11 Å². The highest BCUT2D eigenvalue weighted by molar-refractivity contribution is 5.24. The molecule has 1 heterocycles. The normalized spacial score (nSPS) is 10.8. The molecule has 1 N–H and O–H groups in total. The molecule has 0 atom stereocenters. The number of aliphatic hydroxyl groups is 1. The number of rotatable bonds is 2. The minimum absolute atomic E-state index is 0.314. The predicted octanol–water partition coefficient (Wildman–Crippen LogP) is 1.59. The lowest BCUT2D eigenvalue weighted by atomic mass is 10.1. The van der Waals surface area contributed by atoms with Crippen LogP contribution in [0, 0.1) is 11.3 Å². The van der Waals surface area contributed by atoms with Gasteiger partial charge in [0.1, 0.15) is 0 Å². The van der Waals surface area contributed by atoms with Crippen LogP contribution in [-0.2, 0) is 6.42 Å². The van der Waals surface area contributed by atoms with E-state index >= 15 is 0 Å². The second kappa shape index (κ2) is 4.14. The molecule has 3 nitrogen and oxygen atoms in total. The highest BCUT2D eigenvalue weighted by Crippen LogP contribution is 2.02. The van der Waals surface area contributed by atoms with Gasteiger partial charge >= 0.3 is 0 Å². The fraction of sp³-hybridized carbons (Fsp3) is 0.111. The molecular formula is C9H8N2O. The van der Waals surface area contributed by atoms with Crippen molar-refractivity contribution >= 4 is 0 Å². The van der Waals surface area contributed by atoms with Crippen LogP contribution in [0.25, 0.3) is 0 Å². The summed E-state index contributed by atoms with van der Waals surface area (Å²) in [5.41, 5.74) is 1.09. The highest BCUT2D eigenvalue weighted by atomic mass is 16.2. The quantitative estimate of drug-likeness (QED) is 0.528. The van der Waals surface area contributed by atoms with Crippen molar-refractivity contribution in [2.45, 2.75) is 6.42 Å². The van der Waals surface area contributed by atoms with Crippen LogP contribution >= 0.6 is 0 Å². The Morgan fingerprint density at radius 2 is 2.50 bits per heavy atom. The maximum absolute atomic E-state index is 8.58. The standard InChI is InChI=1S/C9H8N2O/c10-6-8(7-12)5-9-3-1-2-4-11-9/h1-4,7,12H,5H2. The van der Waals surface area contributed by atoms with Crippen molar-refractivity contribution in [2.24, 2.45) is 0 Å². The lowest BCUT2D eigenvalue weighted by Gasteiger charge is -1.95. The van der Waals surface area contributed by atoms with Crippen molar-refractivity contribution in [3.8, 4) is 6.07 Å². The lowest BCUT2D eigenvalue weighted by molar-refractivity contribution is 0.468. The molecule has 0 aliphatic carbocycles. The lowest BCUT2D eigenvalue weighted by Crippen LogP contribution is -1.90. The number of pyridine rings is 1. The van der Waals surface area contributed by atoms with Crippen molar-refractivity contribution in [1.29, 1.82) is 5.26 Å². The van der Waals surface area contributed by atoms with Crippen LogP contribution in [0.3, 0.4) is 0 Å². The molecule has 12 heavy (non-hydrogen) atoms. The molecule has 0 saturated carbocycles. The van der Waals surface area contributed by atoms with E-state index in [-0.39, 0.29) is 0 Å². The van der Waals surface area contributed by atoms with Gasteiger partial charge in [0.05, 0.1) is 17.9 Å². The fourth-order valence-electron chi connectivity index (χ4n) is 0.812. The number of aliphatic hydroxyl groups excluding tert-OH is 1. The Morgan fingerprint density at radius 1 is 1.67 bits per heavy atom. The van der Waals surface area contributed by atoms with E-state index in [1.807, 2.05) is 12.1 Å². The Kier molecular flexibility index (Phi) is 2.86. The predicted molar refractivity (Wildman–Crippen MR) is 44.3 cm³/mol. The minimum Gasteiger partial charge on any atom is -0.515 e. The zero-order chi connectivity index (χ0) is 8.81. The third kappa shape index (κ3) is 2.10. The van der Waals surface area contributed by atoms with Gasteiger partial charge in [0.2, 0.25) is 0 Å². The van der Waals surface area contributed by atoms with Gasteiger partial charge in [0.25, 0.3) is 0 Å². The van der Waals surface area contributed by atoms with Crippen molar-refractivity contribution in [3.05, 3.63) is 41.9 Å². The van der Waals surface area contributed by atoms with Crippen molar-refractivity contribution in [2.75, 3.05) is 0 Å². The zero-order valence-electron chi connectivity index (χ0n) is 6.44. The molecule has 1 rings (SSSR count). The molecule has 0 radical (unpaired) electrons. The second-order valence-corrected chi connectivity index (χ2v) is 2.26. The van der Waals surface area contributed by atoms with E-state index in [9.17, 15) is 0 Å². The van der Waals surface area contributed by atoms with Crippen LogP contribution in [0.4, 0.5) is 0 Å². The Morgan fingerprint density at radius 3 is 3.00 bits per heavy atom. The Balaban J connectivity index is 2.72. The van der Waals surface area contributed by atoms with E-state index in [0.717, 1.165) is 12.0 Å². The maximum Gasteiger partial charge on any atom is 0.0983 e. The summed E-state index contributed by atoms with van der Waals surface area (Å²) in [5.74, 6) is 0. The molecule has 0 aromatic carbocycles. The molecule has 0 unspecified atom stereocenters. The largest absolute Gasteiger partial charge is 0.515 e. The molecular weight excluding hydrogens is 152 g/mol. The van der Waals surface area contributed by atoms with E-state index in [4.69, 9.17) is 10.4 Å². The van der Waals surface area contributed by atoms with Gasteiger partial charge in [-0.2, -0.15) is 5.26 Å². The summed E-state index contributed by atoms with van der Waals surface area (Å²) >= 11 is 0. The average molecular weight is 160 g/mol. The van der Waals surface area contributed by atoms with Gasteiger partial charge in [-0.15, -0.1) is 0 Å². The molecule has 3 heteroatoms. The van der Waals surface area contributed by atoms with Crippen molar-refractivity contribution in [3.63, 3.8) is 0 Å². The molecule has 1 aromatic rings. The third-order valence-electron chi connectivity index (χ3n) is 1.40. The molecule has 0 aliphatic heterocycles. The molecule has 0 bridgehead atoms. The zero-order valence-corrected chi connectivity index (χ0v) is 6.44. The summed E-state index contributed by atoms with van der Waals surface area (Å²) in [7, 11) is 0. The molecule has 0 saturated heterocycles. The van der Waals surface area contributed by atoms with Crippen LogP contribution in [0.15, 0.2) is 36.2 Å².